The minimum Gasteiger partial charge on any atom is -0.497 e. The zero-order chi connectivity index (χ0) is 18.7. The van der Waals surface area contributed by atoms with Crippen LogP contribution >= 0.6 is 15.9 Å². The van der Waals surface area contributed by atoms with E-state index in [9.17, 15) is 9.59 Å². The van der Waals surface area contributed by atoms with Crippen LogP contribution in [0.4, 0.5) is 11.4 Å². The van der Waals surface area contributed by atoms with Crippen LogP contribution in [0.5, 0.6) is 11.5 Å². The van der Waals surface area contributed by atoms with Crippen LogP contribution < -0.4 is 19.7 Å². The van der Waals surface area contributed by atoms with Gasteiger partial charge in [-0.15, -0.1) is 0 Å². The smallest absolute Gasteiger partial charge is 0.239 e. The topological polar surface area (TPSA) is 67.9 Å². The first-order chi connectivity index (χ1) is 12.5. The molecule has 6 nitrogen and oxygen atoms in total. The Morgan fingerprint density at radius 1 is 1.12 bits per heavy atom. The Kier molecular flexibility index (Phi) is 5.46. The molecule has 0 aromatic heterocycles. The molecule has 3 rings (SSSR count). The van der Waals surface area contributed by atoms with Gasteiger partial charge in [0, 0.05) is 40.6 Å². The minimum absolute atomic E-state index is 0.195. The first-order valence-electron chi connectivity index (χ1n) is 8.12. The van der Waals surface area contributed by atoms with Gasteiger partial charge < -0.3 is 19.7 Å². The Morgan fingerprint density at radius 3 is 2.31 bits per heavy atom. The molecule has 2 amide bonds. The van der Waals surface area contributed by atoms with Crippen molar-refractivity contribution >= 4 is 39.1 Å². The Morgan fingerprint density at radius 2 is 1.73 bits per heavy atom. The molecule has 1 unspecified atom stereocenters. The molecule has 7 heteroatoms. The van der Waals surface area contributed by atoms with Gasteiger partial charge in [-0.2, -0.15) is 0 Å². The van der Waals surface area contributed by atoms with Crippen molar-refractivity contribution in [2.75, 3.05) is 31.0 Å². The molecule has 1 N–H and O–H groups in total. The molecular formula is C19H19BrN2O4. The lowest BCUT2D eigenvalue weighted by molar-refractivity contribution is -0.129. The Labute approximate surface area is 160 Å². The summed E-state index contributed by atoms with van der Waals surface area (Å²) in [6, 6.07) is 12.5. The zero-order valence-electron chi connectivity index (χ0n) is 14.5. The van der Waals surface area contributed by atoms with Crippen LogP contribution in [0.2, 0.25) is 0 Å². The summed E-state index contributed by atoms with van der Waals surface area (Å²) in [5, 5.41) is 2.79. The van der Waals surface area contributed by atoms with Gasteiger partial charge in [-0.25, -0.2) is 0 Å². The van der Waals surface area contributed by atoms with E-state index < -0.39 is 5.92 Å². The predicted octanol–water partition coefficient (Wildman–Crippen LogP) is 3.46. The summed E-state index contributed by atoms with van der Waals surface area (Å²) in [5.74, 6) is -0.108. The molecule has 0 bridgehead atoms. The monoisotopic (exact) mass is 418 g/mol. The highest BCUT2D eigenvalue weighted by molar-refractivity contribution is 9.10. The van der Waals surface area contributed by atoms with Crippen molar-refractivity contribution in [3.8, 4) is 11.5 Å². The predicted molar refractivity (Wildman–Crippen MR) is 103 cm³/mol. The van der Waals surface area contributed by atoms with Gasteiger partial charge in [-0.3, -0.25) is 9.59 Å². The van der Waals surface area contributed by atoms with E-state index in [4.69, 9.17) is 9.47 Å². The molecule has 2 aromatic rings. The van der Waals surface area contributed by atoms with E-state index >= 15 is 0 Å². The average Bonchev–Trinajstić information content (AvgIpc) is 3.03. The molecule has 1 aliphatic rings. The maximum absolute atomic E-state index is 12.7. The van der Waals surface area contributed by atoms with Crippen molar-refractivity contribution in [1.29, 1.82) is 0 Å². The number of benzene rings is 2. The Hall–Kier alpha value is -2.54. The van der Waals surface area contributed by atoms with Crippen molar-refractivity contribution < 1.29 is 19.1 Å². The van der Waals surface area contributed by atoms with Crippen LogP contribution in [-0.2, 0) is 9.59 Å². The number of nitrogens with zero attached hydrogens (tertiary/aromatic N) is 1. The van der Waals surface area contributed by atoms with Gasteiger partial charge in [0.2, 0.25) is 11.8 Å². The summed E-state index contributed by atoms with van der Waals surface area (Å²) in [7, 11) is 3.08. The van der Waals surface area contributed by atoms with Gasteiger partial charge in [0.25, 0.3) is 0 Å². The molecule has 0 spiro atoms. The Balaban J connectivity index is 1.73. The van der Waals surface area contributed by atoms with E-state index in [1.165, 1.54) is 14.2 Å². The third kappa shape index (κ3) is 3.83. The minimum atomic E-state index is -0.712. The number of halogens is 1. The van der Waals surface area contributed by atoms with Crippen LogP contribution in [0.1, 0.15) is 6.42 Å². The number of amides is 2. The van der Waals surface area contributed by atoms with Crippen LogP contribution in [0, 0.1) is 5.92 Å². The first kappa shape index (κ1) is 18.3. The molecule has 1 saturated heterocycles. The van der Waals surface area contributed by atoms with Crippen LogP contribution in [0.15, 0.2) is 46.9 Å². The largest absolute Gasteiger partial charge is 0.497 e. The number of hydrogen-bond acceptors (Lipinski definition) is 4. The first-order valence-corrected chi connectivity index (χ1v) is 8.92. The molecule has 1 aliphatic heterocycles. The van der Waals surface area contributed by atoms with Crippen LogP contribution in [0.3, 0.4) is 0 Å². The second-order valence-corrected chi connectivity index (χ2v) is 6.81. The van der Waals surface area contributed by atoms with E-state index in [-0.39, 0.29) is 11.8 Å². The van der Waals surface area contributed by atoms with E-state index in [2.05, 4.69) is 21.2 Å². The molecule has 0 aliphatic carbocycles. The third-order valence-electron chi connectivity index (χ3n) is 4.28. The maximum Gasteiger partial charge on any atom is 0.239 e. The molecule has 1 heterocycles. The van der Waals surface area contributed by atoms with Gasteiger partial charge in [0.05, 0.1) is 14.2 Å². The number of carbonyl (C=O) groups excluding carboxylic acids is 2. The molecular weight excluding hydrogens is 400 g/mol. The van der Waals surface area contributed by atoms with Gasteiger partial charge in [-0.05, 0) is 30.7 Å². The Bertz CT molecular complexity index is 801. The van der Waals surface area contributed by atoms with E-state index in [1.54, 1.807) is 23.1 Å². The fraction of sp³-hybridized carbons (Fsp3) is 0.263. The summed E-state index contributed by atoms with van der Waals surface area (Å²) in [4.78, 5) is 26.9. The van der Waals surface area contributed by atoms with E-state index in [0.29, 0.717) is 30.2 Å². The zero-order valence-corrected chi connectivity index (χ0v) is 16.1. The van der Waals surface area contributed by atoms with Crippen molar-refractivity contribution in [2.24, 2.45) is 5.92 Å². The van der Waals surface area contributed by atoms with Crippen molar-refractivity contribution in [1.82, 2.24) is 0 Å². The molecule has 1 fully saturated rings. The molecule has 0 radical (unpaired) electrons. The summed E-state index contributed by atoms with van der Waals surface area (Å²) in [5.41, 5.74) is 1.32. The lowest BCUT2D eigenvalue weighted by Gasteiger charge is -2.17. The standard InChI is InChI=1S/C19H19BrN2O4/c1-25-15-9-13(10-16(11-15)26-2)21-18(23)17-7-8-22(19(17)24)14-5-3-12(20)4-6-14/h3-6,9-11,17H,7-8H2,1-2H3,(H,21,23). The van der Waals surface area contributed by atoms with Gasteiger partial charge in [-0.1, -0.05) is 15.9 Å². The number of nitrogens with one attached hydrogen (secondary N) is 1. The maximum atomic E-state index is 12.7. The van der Waals surface area contributed by atoms with Gasteiger partial charge in [0.1, 0.15) is 17.4 Å². The molecule has 136 valence electrons. The number of ether oxygens (including phenoxy) is 2. The number of rotatable bonds is 5. The molecule has 2 aromatic carbocycles. The second-order valence-electron chi connectivity index (χ2n) is 5.90. The van der Waals surface area contributed by atoms with Crippen molar-refractivity contribution in [3.05, 3.63) is 46.9 Å². The highest BCUT2D eigenvalue weighted by Gasteiger charge is 2.37. The quantitative estimate of drug-likeness (QED) is 0.754. The van der Waals surface area contributed by atoms with Gasteiger partial charge in [0.15, 0.2) is 0 Å². The summed E-state index contributed by atoms with van der Waals surface area (Å²) in [6.07, 6.45) is 0.474. The number of hydrogen-bond donors (Lipinski definition) is 1. The fourth-order valence-corrected chi connectivity index (χ4v) is 3.17. The summed E-state index contributed by atoms with van der Waals surface area (Å²) < 4.78 is 11.3. The number of anilines is 2. The van der Waals surface area contributed by atoms with Crippen molar-refractivity contribution in [3.63, 3.8) is 0 Å². The van der Waals surface area contributed by atoms with Crippen molar-refractivity contribution in [2.45, 2.75) is 6.42 Å². The highest BCUT2D eigenvalue weighted by Crippen LogP contribution is 2.29. The number of carbonyl (C=O) groups is 2. The SMILES string of the molecule is COc1cc(NC(=O)C2CCN(c3ccc(Br)cc3)C2=O)cc(OC)c1. The second kappa shape index (κ2) is 7.78. The molecule has 1 atom stereocenters. The third-order valence-corrected chi connectivity index (χ3v) is 4.81. The van der Waals surface area contributed by atoms with Gasteiger partial charge >= 0.3 is 0 Å². The lowest BCUT2D eigenvalue weighted by Crippen LogP contribution is -2.33. The molecule has 0 saturated carbocycles. The normalized spacial score (nSPS) is 16.5. The number of methoxy groups -OCH3 is 2. The van der Waals surface area contributed by atoms with E-state index in [1.807, 2.05) is 24.3 Å². The van der Waals surface area contributed by atoms with E-state index in [0.717, 1.165) is 10.2 Å². The average molecular weight is 419 g/mol. The highest BCUT2D eigenvalue weighted by atomic mass is 79.9. The summed E-state index contributed by atoms with van der Waals surface area (Å²) in [6.45, 7) is 0.514. The lowest BCUT2D eigenvalue weighted by atomic mass is 10.1. The van der Waals surface area contributed by atoms with Crippen LogP contribution in [0.25, 0.3) is 0 Å². The summed E-state index contributed by atoms with van der Waals surface area (Å²) >= 11 is 3.38. The molecule has 26 heavy (non-hydrogen) atoms. The van der Waals surface area contributed by atoms with Crippen LogP contribution in [-0.4, -0.2) is 32.6 Å². The fourth-order valence-electron chi connectivity index (χ4n) is 2.91.